The highest BCUT2D eigenvalue weighted by molar-refractivity contribution is 5.80. The van der Waals surface area contributed by atoms with Gasteiger partial charge in [0.15, 0.2) is 11.6 Å². The SMILES string of the molecule is COc1ccc([C@H](C)NC(=O)[C@@H](C)n2cncn2)cc1F. The van der Waals surface area contributed by atoms with Crippen molar-refractivity contribution in [2.24, 2.45) is 0 Å². The van der Waals surface area contributed by atoms with Gasteiger partial charge in [0, 0.05) is 0 Å². The van der Waals surface area contributed by atoms with E-state index >= 15 is 0 Å². The number of hydrogen-bond acceptors (Lipinski definition) is 4. The minimum Gasteiger partial charge on any atom is -0.494 e. The average Bonchev–Trinajstić information content (AvgIpc) is 3.00. The normalized spacial score (nSPS) is 13.5. The van der Waals surface area contributed by atoms with Crippen LogP contribution in [0.5, 0.6) is 5.75 Å². The van der Waals surface area contributed by atoms with Crippen molar-refractivity contribution in [1.29, 1.82) is 0 Å². The number of methoxy groups -OCH3 is 1. The predicted octanol–water partition coefficient (Wildman–Crippen LogP) is 1.86. The Labute approximate surface area is 121 Å². The summed E-state index contributed by atoms with van der Waals surface area (Å²) in [6.45, 7) is 3.50. The van der Waals surface area contributed by atoms with Crippen molar-refractivity contribution >= 4 is 5.91 Å². The molecule has 0 aliphatic rings. The second-order valence-corrected chi connectivity index (χ2v) is 4.68. The topological polar surface area (TPSA) is 69.0 Å². The lowest BCUT2D eigenvalue weighted by atomic mass is 10.1. The van der Waals surface area contributed by atoms with Gasteiger partial charge in [0.05, 0.1) is 13.2 Å². The maximum atomic E-state index is 13.7. The molecule has 1 N–H and O–H groups in total. The lowest BCUT2D eigenvalue weighted by Gasteiger charge is -2.18. The third kappa shape index (κ3) is 3.36. The molecule has 0 radical (unpaired) electrons. The molecule has 0 spiro atoms. The highest BCUT2D eigenvalue weighted by atomic mass is 19.1. The Kier molecular flexibility index (Phi) is 4.52. The summed E-state index contributed by atoms with van der Waals surface area (Å²) >= 11 is 0. The number of nitrogens with one attached hydrogen (secondary N) is 1. The third-order valence-corrected chi connectivity index (χ3v) is 3.25. The van der Waals surface area contributed by atoms with Crippen LogP contribution in [-0.4, -0.2) is 27.8 Å². The molecule has 1 aromatic heterocycles. The van der Waals surface area contributed by atoms with Crippen LogP contribution in [0.25, 0.3) is 0 Å². The van der Waals surface area contributed by atoms with Gasteiger partial charge in [-0.05, 0) is 31.5 Å². The maximum absolute atomic E-state index is 13.7. The minimum atomic E-state index is -0.488. The Morgan fingerprint density at radius 2 is 2.19 bits per heavy atom. The second-order valence-electron chi connectivity index (χ2n) is 4.68. The van der Waals surface area contributed by atoms with E-state index in [-0.39, 0.29) is 17.7 Å². The second kappa shape index (κ2) is 6.34. The molecule has 1 aromatic carbocycles. The lowest BCUT2D eigenvalue weighted by molar-refractivity contribution is -0.124. The summed E-state index contributed by atoms with van der Waals surface area (Å²) in [6.07, 6.45) is 2.84. The molecular weight excluding hydrogens is 275 g/mol. The van der Waals surface area contributed by atoms with E-state index in [1.54, 1.807) is 19.9 Å². The lowest BCUT2D eigenvalue weighted by Crippen LogP contribution is -2.33. The number of carbonyl (C=O) groups excluding carboxylic acids is 1. The fraction of sp³-hybridized carbons (Fsp3) is 0.357. The van der Waals surface area contributed by atoms with Gasteiger partial charge in [-0.15, -0.1) is 0 Å². The average molecular weight is 292 g/mol. The van der Waals surface area contributed by atoms with Gasteiger partial charge in [-0.3, -0.25) is 4.79 Å². The first-order valence-corrected chi connectivity index (χ1v) is 6.51. The number of aromatic nitrogens is 3. The zero-order valence-electron chi connectivity index (χ0n) is 12.1. The van der Waals surface area contributed by atoms with Gasteiger partial charge < -0.3 is 10.1 Å². The standard InChI is InChI=1S/C14H17FN4O2/c1-9(11-4-5-13(21-3)12(15)6-11)18-14(20)10(2)19-8-16-7-17-19/h4-10H,1-3H3,(H,18,20)/t9-,10+/m0/s1. The summed E-state index contributed by atoms with van der Waals surface area (Å²) < 4.78 is 20.0. The van der Waals surface area contributed by atoms with Crippen LogP contribution in [0.1, 0.15) is 31.5 Å². The predicted molar refractivity (Wildman–Crippen MR) is 74.2 cm³/mol. The van der Waals surface area contributed by atoms with Crippen LogP contribution in [0.15, 0.2) is 30.9 Å². The molecule has 1 amide bonds. The molecule has 0 aliphatic carbocycles. The van der Waals surface area contributed by atoms with E-state index < -0.39 is 11.9 Å². The summed E-state index contributed by atoms with van der Waals surface area (Å²) in [6, 6.07) is 3.78. The molecule has 2 rings (SSSR count). The largest absolute Gasteiger partial charge is 0.494 e. The number of nitrogens with zero attached hydrogens (tertiary/aromatic N) is 3. The summed E-state index contributed by atoms with van der Waals surface area (Å²) in [5.41, 5.74) is 0.660. The fourth-order valence-corrected chi connectivity index (χ4v) is 1.91. The quantitative estimate of drug-likeness (QED) is 0.913. The first-order valence-electron chi connectivity index (χ1n) is 6.51. The van der Waals surface area contributed by atoms with Crippen LogP contribution in [0.4, 0.5) is 4.39 Å². The van der Waals surface area contributed by atoms with E-state index in [1.807, 2.05) is 0 Å². The zero-order valence-corrected chi connectivity index (χ0v) is 12.1. The summed E-state index contributed by atoms with van der Waals surface area (Å²) in [4.78, 5) is 15.9. The first kappa shape index (κ1) is 15.0. The molecule has 0 saturated carbocycles. The Morgan fingerprint density at radius 1 is 1.43 bits per heavy atom. The molecule has 6 nitrogen and oxygen atoms in total. The van der Waals surface area contributed by atoms with Gasteiger partial charge in [0.25, 0.3) is 0 Å². The summed E-state index contributed by atoms with van der Waals surface area (Å²) in [5, 5.41) is 6.74. The van der Waals surface area contributed by atoms with Gasteiger partial charge in [-0.25, -0.2) is 14.1 Å². The molecular formula is C14H17FN4O2. The van der Waals surface area contributed by atoms with Crippen molar-refractivity contribution in [1.82, 2.24) is 20.1 Å². The number of amides is 1. The number of carbonyl (C=O) groups is 1. The number of ether oxygens (including phenoxy) is 1. The van der Waals surface area contributed by atoms with Crippen molar-refractivity contribution < 1.29 is 13.9 Å². The van der Waals surface area contributed by atoms with Gasteiger partial charge >= 0.3 is 0 Å². The molecule has 2 aromatic rings. The molecule has 0 unspecified atom stereocenters. The van der Waals surface area contributed by atoms with Gasteiger partial charge in [-0.2, -0.15) is 5.10 Å². The van der Waals surface area contributed by atoms with E-state index in [2.05, 4.69) is 15.4 Å². The molecule has 7 heteroatoms. The van der Waals surface area contributed by atoms with Crippen molar-refractivity contribution in [3.63, 3.8) is 0 Å². The molecule has 1 heterocycles. The number of hydrogen-bond donors (Lipinski definition) is 1. The van der Waals surface area contributed by atoms with Crippen LogP contribution in [0.3, 0.4) is 0 Å². The van der Waals surface area contributed by atoms with Gasteiger partial charge in [-0.1, -0.05) is 6.07 Å². The van der Waals surface area contributed by atoms with Crippen LogP contribution >= 0.6 is 0 Å². The molecule has 0 saturated heterocycles. The van der Waals surface area contributed by atoms with E-state index in [4.69, 9.17) is 4.74 Å². The van der Waals surface area contributed by atoms with E-state index in [0.717, 1.165) is 0 Å². The maximum Gasteiger partial charge on any atom is 0.245 e. The van der Waals surface area contributed by atoms with Crippen molar-refractivity contribution in [2.75, 3.05) is 7.11 Å². The molecule has 0 bridgehead atoms. The number of benzene rings is 1. The highest BCUT2D eigenvalue weighted by Gasteiger charge is 2.18. The van der Waals surface area contributed by atoms with Crippen molar-refractivity contribution in [3.8, 4) is 5.75 Å². The summed E-state index contributed by atoms with van der Waals surface area (Å²) in [5.74, 6) is -0.502. The van der Waals surface area contributed by atoms with E-state index in [9.17, 15) is 9.18 Å². The van der Waals surface area contributed by atoms with Crippen LogP contribution in [0, 0.1) is 5.82 Å². The monoisotopic (exact) mass is 292 g/mol. The van der Waals surface area contributed by atoms with Crippen molar-refractivity contribution in [2.45, 2.75) is 25.9 Å². The first-order chi connectivity index (χ1) is 10.0. The van der Waals surface area contributed by atoms with Crippen molar-refractivity contribution in [3.05, 3.63) is 42.2 Å². The highest BCUT2D eigenvalue weighted by Crippen LogP contribution is 2.22. The Morgan fingerprint density at radius 3 is 2.76 bits per heavy atom. The van der Waals surface area contributed by atoms with E-state index in [1.165, 1.54) is 36.6 Å². The van der Waals surface area contributed by atoms with Crippen LogP contribution in [0.2, 0.25) is 0 Å². The Hall–Kier alpha value is -2.44. The molecule has 2 atom stereocenters. The van der Waals surface area contributed by atoms with E-state index in [0.29, 0.717) is 5.56 Å². The van der Waals surface area contributed by atoms with Crippen LogP contribution < -0.4 is 10.1 Å². The molecule has 21 heavy (non-hydrogen) atoms. The fourth-order valence-electron chi connectivity index (χ4n) is 1.91. The third-order valence-electron chi connectivity index (χ3n) is 3.25. The Balaban J connectivity index is 2.05. The Bertz CT molecular complexity index is 615. The molecule has 112 valence electrons. The van der Waals surface area contributed by atoms with Gasteiger partial charge in [0.1, 0.15) is 18.7 Å². The minimum absolute atomic E-state index is 0.174. The zero-order chi connectivity index (χ0) is 15.4. The smallest absolute Gasteiger partial charge is 0.245 e. The van der Waals surface area contributed by atoms with Gasteiger partial charge in [0.2, 0.25) is 5.91 Å². The molecule has 0 fully saturated rings. The summed E-state index contributed by atoms with van der Waals surface area (Å²) in [7, 11) is 1.41. The van der Waals surface area contributed by atoms with Crippen LogP contribution in [-0.2, 0) is 4.79 Å². The molecule has 0 aliphatic heterocycles. The number of rotatable bonds is 5. The number of halogens is 1.